The predicted molar refractivity (Wildman–Crippen MR) is 87.4 cm³/mol. The van der Waals surface area contributed by atoms with Crippen molar-refractivity contribution in [3.8, 4) is 11.4 Å². The third-order valence-electron chi connectivity index (χ3n) is 3.54. The van der Waals surface area contributed by atoms with Gasteiger partial charge >= 0.3 is 0 Å². The van der Waals surface area contributed by atoms with Crippen LogP contribution in [0.2, 0.25) is 0 Å². The van der Waals surface area contributed by atoms with Crippen molar-refractivity contribution in [2.24, 2.45) is 0 Å². The summed E-state index contributed by atoms with van der Waals surface area (Å²) in [6.07, 6.45) is 5.03. The van der Waals surface area contributed by atoms with Gasteiger partial charge in [-0.15, -0.1) is 0 Å². The van der Waals surface area contributed by atoms with Crippen LogP contribution in [0.3, 0.4) is 0 Å². The van der Waals surface area contributed by atoms with E-state index in [1.54, 1.807) is 17.1 Å². The Morgan fingerprint density at radius 3 is 2.78 bits per heavy atom. The normalized spacial score (nSPS) is 10.8. The fourth-order valence-electron chi connectivity index (χ4n) is 2.41. The molecule has 0 fully saturated rings. The third kappa shape index (κ3) is 2.76. The van der Waals surface area contributed by atoms with E-state index < -0.39 is 0 Å². The van der Waals surface area contributed by atoms with Crippen LogP contribution in [0.25, 0.3) is 16.7 Å². The van der Waals surface area contributed by atoms with Gasteiger partial charge in [-0.3, -0.25) is 0 Å². The van der Waals surface area contributed by atoms with Gasteiger partial charge in [0.1, 0.15) is 18.7 Å². The van der Waals surface area contributed by atoms with Crippen molar-refractivity contribution in [1.82, 2.24) is 19.7 Å². The minimum atomic E-state index is 0.534. The number of aromatic nitrogens is 4. The Balaban J connectivity index is 1.61. The van der Waals surface area contributed by atoms with Gasteiger partial charge in [-0.2, -0.15) is 5.10 Å². The molecule has 2 aromatic heterocycles. The lowest BCUT2D eigenvalue weighted by molar-refractivity contribution is 0.306. The fourth-order valence-corrected chi connectivity index (χ4v) is 2.41. The first-order chi connectivity index (χ1) is 11.4. The SMILES string of the molecule is c1ccc(COc2cccc(-n3ncc4cncnc43)c2)cc1. The van der Waals surface area contributed by atoms with Crippen LogP contribution in [0.5, 0.6) is 5.75 Å². The summed E-state index contributed by atoms with van der Waals surface area (Å²) >= 11 is 0. The molecule has 5 heteroatoms. The molecule has 2 aromatic carbocycles. The highest BCUT2D eigenvalue weighted by Gasteiger charge is 2.07. The van der Waals surface area contributed by atoms with Crippen LogP contribution in [-0.4, -0.2) is 19.7 Å². The molecule has 0 spiro atoms. The molecule has 0 radical (unpaired) electrons. The van der Waals surface area contributed by atoms with Gasteiger partial charge in [-0.05, 0) is 17.7 Å². The molecule has 4 aromatic rings. The van der Waals surface area contributed by atoms with Gasteiger partial charge in [0.25, 0.3) is 0 Å². The van der Waals surface area contributed by atoms with Crippen molar-refractivity contribution in [3.05, 3.63) is 78.9 Å². The molecule has 0 saturated heterocycles. The second kappa shape index (κ2) is 5.88. The van der Waals surface area contributed by atoms with Gasteiger partial charge in [0.15, 0.2) is 5.65 Å². The fraction of sp³-hybridized carbons (Fsp3) is 0.0556. The first kappa shape index (κ1) is 13.5. The van der Waals surface area contributed by atoms with Crippen molar-refractivity contribution in [1.29, 1.82) is 0 Å². The number of fused-ring (bicyclic) bond motifs is 1. The van der Waals surface area contributed by atoms with Crippen molar-refractivity contribution >= 4 is 11.0 Å². The average molecular weight is 302 g/mol. The predicted octanol–water partition coefficient (Wildman–Crippen LogP) is 3.39. The summed E-state index contributed by atoms with van der Waals surface area (Å²) in [4.78, 5) is 8.30. The Labute approximate surface area is 133 Å². The highest BCUT2D eigenvalue weighted by Crippen LogP contribution is 2.20. The van der Waals surface area contributed by atoms with E-state index in [-0.39, 0.29) is 0 Å². The molecule has 4 rings (SSSR count). The minimum Gasteiger partial charge on any atom is -0.489 e. The summed E-state index contributed by atoms with van der Waals surface area (Å²) in [7, 11) is 0. The topological polar surface area (TPSA) is 52.8 Å². The van der Waals surface area contributed by atoms with Crippen LogP contribution >= 0.6 is 0 Å². The molecule has 0 aliphatic rings. The second-order valence-corrected chi connectivity index (χ2v) is 5.13. The Morgan fingerprint density at radius 2 is 1.87 bits per heavy atom. The maximum atomic E-state index is 5.87. The number of ether oxygens (including phenoxy) is 1. The zero-order chi connectivity index (χ0) is 15.5. The average Bonchev–Trinajstić information content (AvgIpc) is 3.05. The molecule has 0 aliphatic carbocycles. The van der Waals surface area contributed by atoms with Crippen LogP contribution in [0, 0.1) is 0 Å². The molecule has 0 atom stereocenters. The summed E-state index contributed by atoms with van der Waals surface area (Å²) in [5, 5.41) is 5.29. The van der Waals surface area contributed by atoms with Gasteiger partial charge in [-0.25, -0.2) is 14.6 Å². The summed E-state index contributed by atoms with van der Waals surface area (Å²) in [5.41, 5.74) is 2.82. The molecule has 23 heavy (non-hydrogen) atoms. The maximum absolute atomic E-state index is 5.87. The maximum Gasteiger partial charge on any atom is 0.166 e. The Hall–Kier alpha value is -3.21. The lowest BCUT2D eigenvalue weighted by Gasteiger charge is -2.08. The lowest BCUT2D eigenvalue weighted by atomic mass is 10.2. The Bertz CT molecular complexity index is 934. The zero-order valence-corrected chi connectivity index (χ0v) is 12.3. The molecule has 0 saturated carbocycles. The van der Waals surface area contributed by atoms with Crippen LogP contribution in [-0.2, 0) is 6.61 Å². The van der Waals surface area contributed by atoms with Gasteiger partial charge in [-0.1, -0.05) is 36.4 Å². The van der Waals surface area contributed by atoms with E-state index in [2.05, 4.69) is 15.1 Å². The number of benzene rings is 2. The lowest BCUT2D eigenvalue weighted by Crippen LogP contribution is -1.99. The molecule has 112 valence electrons. The quantitative estimate of drug-likeness (QED) is 0.580. The summed E-state index contributed by atoms with van der Waals surface area (Å²) < 4.78 is 7.65. The monoisotopic (exact) mass is 302 g/mol. The Morgan fingerprint density at radius 1 is 0.957 bits per heavy atom. The second-order valence-electron chi connectivity index (χ2n) is 5.13. The number of hydrogen-bond acceptors (Lipinski definition) is 4. The smallest absolute Gasteiger partial charge is 0.166 e. The molecule has 0 amide bonds. The highest BCUT2D eigenvalue weighted by molar-refractivity contribution is 5.74. The van der Waals surface area contributed by atoms with Crippen molar-refractivity contribution in [2.75, 3.05) is 0 Å². The standard InChI is InChI=1S/C18H14N4O/c1-2-5-14(6-3-1)12-23-17-8-4-7-16(9-17)22-18-15(11-21-22)10-19-13-20-18/h1-11,13H,12H2. The molecule has 0 aliphatic heterocycles. The van der Waals surface area contributed by atoms with E-state index in [1.165, 1.54) is 6.33 Å². The van der Waals surface area contributed by atoms with Crippen molar-refractivity contribution in [2.45, 2.75) is 6.61 Å². The number of rotatable bonds is 4. The molecule has 0 N–H and O–H groups in total. The number of hydrogen-bond donors (Lipinski definition) is 0. The van der Waals surface area contributed by atoms with Gasteiger partial charge in [0.2, 0.25) is 0 Å². The summed E-state index contributed by atoms with van der Waals surface area (Å²) in [6.45, 7) is 0.534. The molecule has 2 heterocycles. The minimum absolute atomic E-state index is 0.534. The highest BCUT2D eigenvalue weighted by atomic mass is 16.5. The van der Waals surface area contributed by atoms with E-state index in [0.29, 0.717) is 6.61 Å². The van der Waals surface area contributed by atoms with Gasteiger partial charge < -0.3 is 4.74 Å². The van der Waals surface area contributed by atoms with E-state index in [9.17, 15) is 0 Å². The first-order valence-corrected chi connectivity index (χ1v) is 7.31. The van der Waals surface area contributed by atoms with Gasteiger partial charge in [0, 0.05) is 12.3 Å². The molecular weight excluding hydrogens is 288 g/mol. The summed E-state index contributed by atoms with van der Waals surface area (Å²) in [6, 6.07) is 17.9. The van der Waals surface area contributed by atoms with Crippen molar-refractivity contribution in [3.63, 3.8) is 0 Å². The summed E-state index contributed by atoms with van der Waals surface area (Å²) in [5.74, 6) is 0.795. The van der Waals surface area contributed by atoms with E-state index >= 15 is 0 Å². The first-order valence-electron chi connectivity index (χ1n) is 7.31. The van der Waals surface area contributed by atoms with Crippen LogP contribution in [0.15, 0.2) is 73.3 Å². The molecule has 5 nitrogen and oxygen atoms in total. The Kier molecular flexibility index (Phi) is 3.44. The molecular formula is C18H14N4O. The molecule has 0 bridgehead atoms. The van der Waals surface area contributed by atoms with E-state index in [1.807, 2.05) is 54.6 Å². The third-order valence-corrected chi connectivity index (χ3v) is 3.54. The van der Waals surface area contributed by atoms with E-state index in [0.717, 1.165) is 28.0 Å². The van der Waals surface area contributed by atoms with E-state index in [4.69, 9.17) is 4.74 Å². The number of nitrogens with zero attached hydrogens (tertiary/aromatic N) is 4. The van der Waals surface area contributed by atoms with Gasteiger partial charge in [0.05, 0.1) is 17.3 Å². The zero-order valence-electron chi connectivity index (χ0n) is 12.3. The molecule has 0 unspecified atom stereocenters. The van der Waals surface area contributed by atoms with Crippen LogP contribution < -0.4 is 4.74 Å². The largest absolute Gasteiger partial charge is 0.489 e. The van der Waals surface area contributed by atoms with Crippen LogP contribution in [0.4, 0.5) is 0 Å². The van der Waals surface area contributed by atoms with Crippen molar-refractivity contribution < 1.29 is 4.74 Å². The van der Waals surface area contributed by atoms with Crippen LogP contribution in [0.1, 0.15) is 5.56 Å².